The fraction of sp³-hybridized carbons (Fsp3) is 0.765. The van der Waals surface area contributed by atoms with E-state index in [0.29, 0.717) is 5.92 Å². The molecule has 1 saturated heterocycles. The third-order valence-electron chi connectivity index (χ3n) is 5.30. The van der Waals surface area contributed by atoms with E-state index in [2.05, 4.69) is 10.2 Å². The zero-order valence-corrected chi connectivity index (χ0v) is 14.1. The molecule has 6 nitrogen and oxygen atoms in total. The molecule has 1 aromatic rings. The number of hydrogen-bond donors (Lipinski definition) is 2. The van der Waals surface area contributed by atoms with Crippen LogP contribution in [0, 0.1) is 5.41 Å². The van der Waals surface area contributed by atoms with Crippen LogP contribution < -0.4 is 0 Å². The van der Waals surface area contributed by atoms with Crippen LogP contribution in [0.3, 0.4) is 0 Å². The first kappa shape index (κ1) is 15.0. The second kappa shape index (κ2) is 4.50. The Labute approximate surface area is 136 Å². The summed E-state index contributed by atoms with van der Waals surface area (Å²) in [7, 11) is 0. The molecule has 1 spiro atoms. The van der Waals surface area contributed by atoms with E-state index in [1.165, 1.54) is 0 Å². The molecule has 126 valence electrons. The number of aromatic amines is 1. The molecule has 1 aliphatic heterocycles. The molecule has 0 aromatic carbocycles. The van der Waals surface area contributed by atoms with E-state index in [1.807, 2.05) is 26.8 Å². The molecule has 3 aliphatic rings. The zero-order valence-electron chi connectivity index (χ0n) is 14.1. The Morgan fingerprint density at radius 3 is 2.61 bits per heavy atom. The van der Waals surface area contributed by atoms with Gasteiger partial charge in [0.1, 0.15) is 11.2 Å². The number of rotatable bonds is 2. The van der Waals surface area contributed by atoms with Crippen molar-refractivity contribution in [3.63, 3.8) is 0 Å². The third-order valence-corrected chi connectivity index (χ3v) is 5.30. The summed E-state index contributed by atoms with van der Waals surface area (Å²) in [5.74, 6) is 0.472. The molecule has 2 heterocycles. The van der Waals surface area contributed by atoms with Crippen molar-refractivity contribution >= 4 is 6.09 Å². The average molecular weight is 319 g/mol. The van der Waals surface area contributed by atoms with Crippen molar-refractivity contribution in [1.29, 1.82) is 0 Å². The lowest BCUT2D eigenvalue weighted by Crippen LogP contribution is -2.63. The number of carbonyl (C=O) groups excluding carboxylic acids is 1. The van der Waals surface area contributed by atoms with Crippen LogP contribution in [0.25, 0.3) is 0 Å². The zero-order chi connectivity index (χ0) is 16.5. The van der Waals surface area contributed by atoms with Crippen LogP contribution in [0.5, 0.6) is 0 Å². The predicted octanol–water partition coefficient (Wildman–Crippen LogP) is 2.51. The van der Waals surface area contributed by atoms with E-state index in [0.717, 1.165) is 50.2 Å². The lowest BCUT2D eigenvalue weighted by Gasteiger charge is -2.58. The number of likely N-dealkylation sites (tertiary alicyclic amines) is 1. The first-order valence-corrected chi connectivity index (χ1v) is 8.44. The van der Waals surface area contributed by atoms with Gasteiger partial charge in [0.05, 0.1) is 5.69 Å². The Hall–Kier alpha value is -1.56. The molecule has 6 heteroatoms. The van der Waals surface area contributed by atoms with E-state index in [4.69, 9.17) is 4.74 Å². The number of carbonyl (C=O) groups is 1. The van der Waals surface area contributed by atoms with Gasteiger partial charge in [0.15, 0.2) is 0 Å². The number of ether oxygens (including phenoxy) is 1. The molecule has 0 bridgehead atoms. The van der Waals surface area contributed by atoms with E-state index in [1.54, 1.807) is 4.90 Å². The van der Waals surface area contributed by atoms with E-state index in [9.17, 15) is 9.90 Å². The summed E-state index contributed by atoms with van der Waals surface area (Å²) in [4.78, 5) is 13.8. The Bertz CT molecular complexity index is 628. The molecule has 23 heavy (non-hydrogen) atoms. The Morgan fingerprint density at radius 2 is 2.04 bits per heavy atom. The van der Waals surface area contributed by atoms with Gasteiger partial charge in [-0.3, -0.25) is 5.10 Å². The maximum absolute atomic E-state index is 12.0. The summed E-state index contributed by atoms with van der Waals surface area (Å²) < 4.78 is 5.41. The molecule has 3 fully saturated rings. The van der Waals surface area contributed by atoms with Crippen LogP contribution in [-0.4, -0.2) is 45.0 Å². The summed E-state index contributed by atoms with van der Waals surface area (Å²) in [6.07, 6.45) is 3.58. The minimum atomic E-state index is -0.667. The Balaban J connectivity index is 1.29. The molecule has 0 atom stereocenters. The molecule has 0 unspecified atom stereocenters. The molecular formula is C17H25N3O3. The van der Waals surface area contributed by atoms with E-state index < -0.39 is 11.2 Å². The van der Waals surface area contributed by atoms with Crippen molar-refractivity contribution in [3.05, 3.63) is 17.5 Å². The number of H-pyrrole nitrogens is 1. The number of aromatic nitrogens is 2. The van der Waals surface area contributed by atoms with Crippen molar-refractivity contribution in [3.8, 4) is 0 Å². The van der Waals surface area contributed by atoms with Gasteiger partial charge in [-0.1, -0.05) is 0 Å². The van der Waals surface area contributed by atoms with Crippen molar-refractivity contribution in [1.82, 2.24) is 15.1 Å². The molecule has 2 saturated carbocycles. The van der Waals surface area contributed by atoms with Gasteiger partial charge in [-0.05, 0) is 52.5 Å². The number of aliphatic hydroxyl groups is 1. The topological polar surface area (TPSA) is 78.4 Å². The second-order valence-electron chi connectivity index (χ2n) is 8.68. The largest absolute Gasteiger partial charge is 0.444 e. The summed E-state index contributed by atoms with van der Waals surface area (Å²) >= 11 is 0. The Kier molecular flexibility index (Phi) is 2.93. The van der Waals surface area contributed by atoms with Gasteiger partial charge >= 0.3 is 6.09 Å². The normalized spacial score (nSPS) is 25.0. The summed E-state index contributed by atoms with van der Waals surface area (Å²) in [6, 6.07) is 2.02. The van der Waals surface area contributed by atoms with Crippen LogP contribution in [0.4, 0.5) is 4.79 Å². The summed E-state index contributed by atoms with van der Waals surface area (Å²) in [5, 5.41) is 17.5. The van der Waals surface area contributed by atoms with Crippen LogP contribution in [-0.2, 0) is 10.3 Å². The maximum atomic E-state index is 12.0. The van der Waals surface area contributed by atoms with Crippen LogP contribution >= 0.6 is 0 Å². The highest BCUT2D eigenvalue weighted by molar-refractivity contribution is 5.69. The van der Waals surface area contributed by atoms with Gasteiger partial charge in [0.25, 0.3) is 0 Å². The van der Waals surface area contributed by atoms with Crippen molar-refractivity contribution in [2.24, 2.45) is 5.41 Å². The predicted molar refractivity (Wildman–Crippen MR) is 83.9 cm³/mol. The van der Waals surface area contributed by atoms with Crippen LogP contribution in [0.2, 0.25) is 0 Å². The van der Waals surface area contributed by atoms with Crippen LogP contribution in [0.15, 0.2) is 6.07 Å². The lowest BCUT2D eigenvalue weighted by molar-refractivity contribution is -0.0791. The highest BCUT2D eigenvalue weighted by Crippen LogP contribution is 2.56. The van der Waals surface area contributed by atoms with Crippen molar-refractivity contribution in [2.75, 3.05) is 13.1 Å². The van der Waals surface area contributed by atoms with Crippen molar-refractivity contribution < 1.29 is 14.6 Å². The lowest BCUT2D eigenvalue weighted by atomic mass is 9.57. The minimum Gasteiger partial charge on any atom is -0.444 e. The fourth-order valence-corrected chi connectivity index (χ4v) is 3.84. The molecule has 1 amide bonds. The van der Waals surface area contributed by atoms with Crippen molar-refractivity contribution in [2.45, 2.75) is 63.6 Å². The first-order chi connectivity index (χ1) is 10.7. The standard InChI is InChI=1S/C17H25N3O3/c1-15(2,3)23-14(21)20-9-16(10-20)7-11(8-16)12-6-13(19-18-12)17(22)4-5-17/h6,11,22H,4-5,7-10H2,1-3H3,(H,18,19). The maximum Gasteiger partial charge on any atom is 0.410 e. The molecule has 0 radical (unpaired) electrons. The summed E-state index contributed by atoms with van der Waals surface area (Å²) in [5.41, 5.74) is 1.08. The molecule has 2 aliphatic carbocycles. The number of nitrogens with zero attached hydrogens (tertiary/aromatic N) is 2. The minimum absolute atomic E-state index is 0.202. The quantitative estimate of drug-likeness (QED) is 0.878. The van der Waals surface area contributed by atoms with Gasteiger partial charge in [-0.25, -0.2) is 4.79 Å². The SMILES string of the molecule is CC(C)(C)OC(=O)N1CC2(CC(c3cc(C4(O)CC4)n[nH]3)C2)C1. The highest BCUT2D eigenvalue weighted by atomic mass is 16.6. The van der Waals surface area contributed by atoms with E-state index in [-0.39, 0.29) is 11.5 Å². The smallest absolute Gasteiger partial charge is 0.410 e. The Morgan fingerprint density at radius 1 is 1.39 bits per heavy atom. The number of hydrogen-bond acceptors (Lipinski definition) is 4. The fourth-order valence-electron chi connectivity index (χ4n) is 3.84. The highest BCUT2D eigenvalue weighted by Gasteiger charge is 2.55. The van der Waals surface area contributed by atoms with Gasteiger partial charge in [0.2, 0.25) is 0 Å². The first-order valence-electron chi connectivity index (χ1n) is 8.44. The van der Waals surface area contributed by atoms with Gasteiger partial charge in [-0.15, -0.1) is 0 Å². The number of nitrogens with one attached hydrogen (secondary N) is 1. The summed E-state index contributed by atoms with van der Waals surface area (Å²) in [6.45, 7) is 7.27. The second-order valence-corrected chi connectivity index (χ2v) is 8.68. The van der Waals surface area contributed by atoms with Gasteiger partial charge in [0, 0.05) is 30.1 Å². The molecule has 1 aromatic heterocycles. The third kappa shape index (κ3) is 2.63. The van der Waals surface area contributed by atoms with Gasteiger partial charge in [-0.2, -0.15) is 5.10 Å². The number of amides is 1. The van der Waals surface area contributed by atoms with Gasteiger partial charge < -0.3 is 14.7 Å². The molecule has 2 N–H and O–H groups in total. The molecule has 4 rings (SSSR count). The van der Waals surface area contributed by atoms with Crippen LogP contribution in [0.1, 0.15) is 63.8 Å². The molecular weight excluding hydrogens is 294 g/mol. The monoisotopic (exact) mass is 319 g/mol. The average Bonchev–Trinajstić information content (AvgIpc) is 2.90. The van der Waals surface area contributed by atoms with E-state index >= 15 is 0 Å².